The number of ether oxygens (including phenoxy) is 1. The van der Waals surface area contributed by atoms with Gasteiger partial charge in [-0.3, -0.25) is 9.69 Å². The molecule has 4 rings (SSSR count). The van der Waals surface area contributed by atoms with Gasteiger partial charge in [-0.2, -0.15) is 15.0 Å². The number of hydrogen-bond acceptors (Lipinski definition) is 6. The van der Waals surface area contributed by atoms with Gasteiger partial charge in [-0.05, 0) is 12.8 Å². The van der Waals surface area contributed by atoms with E-state index in [9.17, 15) is 18.4 Å². The fourth-order valence-electron chi connectivity index (χ4n) is 3.84. The zero-order valence-electron chi connectivity index (χ0n) is 16.4. The van der Waals surface area contributed by atoms with Gasteiger partial charge < -0.3 is 15.0 Å². The van der Waals surface area contributed by atoms with Gasteiger partial charge in [0.25, 0.3) is 0 Å². The van der Waals surface area contributed by atoms with Crippen molar-refractivity contribution in [3.63, 3.8) is 0 Å². The molecule has 9 nitrogen and oxygen atoms in total. The van der Waals surface area contributed by atoms with Crippen LogP contribution in [0.15, 0.2) is 24.5 Å². The largest absolute Gasteiger partial charge is 0.442 e. The predicted molar refractivity (Wildman–Crippen MR) is 103 cm³/mol. The predicted octanol–water partition coefficient (Wildman–Crippen LogP) is 1.86. The van der Waals surface area contributed by atoms with Crippen LogP contribution in [0.4, 0.5) is 25.0 Å². The monoisotopic (exact) mass is 420 g/mol. The Hall–Kier alpha value is -3.24. The number of amides is 2. The van der Waals surface area contributed by atoms with Crippen LogP contribution in [0, 0.1) is 11.6 Å². The molecular weight excluding hydrogens is 398 g/mol. The number of cyclic esters (lactones) is 1. The summed E-state index contributed by atoms with van der Waals surface area (Å²) in [4.78, 5) is 27.6. The van der Waals surface area contributed by atoms with E-state index < -0.39 is 23.8 Å². The first-order chi connectivity index (χ1) is 14.4. The molecule has 2 amide bonds. The topological polar surface area (TPSA) is 92.6 Å². The van der Waals surface area contributed by atoms with E-state index in [4.69, 9.17) is 4.74 Å². The van der Waals surface area contributed by atoms with Crippen LogP contribution >= 0.6 is 0 Å². The number of carbonyl (C=O) groups excluding carboxylic acids is 2. The second-order valence-corrected chi connectivity index (χ2v) is 7.38. The molecule has 1 unspecified atom stereocenters. The van der Waals surface area contributed by atoms with Gasteiger partial charge in [-0.15, -0.1) is 0 Å². The summed E-state index contributed by atoms with van der Waals surface area (Å²) in [6.45, 7) is 2.51. The van der Waals surface area contributed by atoms with Crippen molar-refractivity contribution in [2.45, 2.75) is 31.9 Å². The van der Waals surface area contributed by atoms with Crippen molar-refractivity contribution in [3.8, 4) is 0 Å². The number of anilines is 2. The molecule has 2 aliphatic rings. The van der Waals surface area contributed by atoms with Crippen LogP contribution in [-0.4, -0.2) is 59.3 Å². The van der Waals surface area contributed by atoms with Crippen molar-refractivity contribution >= 4 is 23.4 Å². The molecular formula is C19H22F2N6O3. The van der Waals surface area contributed by atoms with Gasteiger partial charge in [-0.25, -0.2) is 13.6 Å². The van der Waals surface area contributed by atoms with Crippen molar-refractivity contribution in [1.82, 2.24) is 20.3 Å². The van der Waals surface area contributed by atoms with Crippen molar-refractivity contribution < 1.29 is 23.1 Å². The summed E-state index contributed by atoms with van der Waals surface area (Å²) in [5.41, 5.74) is -0.0207. The minimum Gasteiger partial charge on any atom is -0.442 e. The zero-order valence-corrected chi connectivity index (χ0v) is 16.4. The standard InChI is InChI=1S/C19H22F2N6O3/c1-12(28)22-10-15-11-26(19(29)30-15)14-8-16(20)18(17(21)9-14)25-6-2-13(3-7-25)27-23-4-5-24-27/h4-5,8-9,13,15H,2-3,6-7,10-11H2,1H3,(H,22,28). The molecule has 1 atom stereocenters. The average molecular weight is 420 g/mol. The van der Waals surface area contributed by atoms with Gasteiger partial charge in [-0.1, -0.05) is 0 Å². The quantitative estimate of drug-likeness (QED) is 0.794. The molecule has 1 aromatic heterocycles. The molecule has 2 aromatic rings. The van der Waals surface area contributed by atoms with E-state index in [0.717, 1.165) is 17.0 Å². The highest BCUT2D eigenvalue weighted by molar-refractivity contribution is 5.90. The van der Waals surface area contributed by atoms with Gasteiger partial charge in [0.2, 0.25) is 5.91 Å². The number of carbonyl (C=O) groups is 2. The Bertz CT molecular complexity index is 907. The second-order valence-electron chi connectivity index (χ2n) is 7.38. The van der Waals surface area contributed by atoms with E-state index in [1.54, 1.807) is 22.1 Å². The summed E-state index contributed by atoms with van der Waals surface area (Å²) in [5, 5.41) is 10.8. The van der Waals surface area contributed by atoms with Gasteiger partial charge in [0.05, 0.1) is 37.2 Å². The molecule has 0 aliphatic carbocycles. The maximum Gasteiger partial charge on any atom is 0.414 e. The summed E-state index contributed by atoms with van der Waals surface area (Å²) >= 11 is 0. The first-order valence-electron chi connectivity index (χ1n) is 9.74. The van der Waals surface area contributed by atoms with Gasteiger partial charge in [0.1, 0.15) is 11.8 Å². The maximum absolute atomic E-state index is 14.9. The lowest BCUT2D eigenvalue weighted by molar-refractivity contribution is -0.119. The first-order valence-corrected chi connectivity index (χ1v) is 9.74. The van der Waals surface area contributed by atoms with Gasteiger partial charge in [0.15, 0.2) is 11.6 Å². The molecule has 30 heavy (non-hydrogen) atoms. The van der Waals surface area contributed by atoms with Crippen molar-refractivity contribution in [2.75, 3.05) is 36.0 Å². The third kappa shape index (κ3) is 4.05. The Morgan fingerprint density at radius 3 is 2.43 bits per heavy atom. The number of aromatic nitrogens is 3. The van der Waals surface area contributed by atoms with E-state index in [2.05, 4.69) is 15.5 Å². The number of nitrogens with zero attached hydrogens (tertiary/aromatic N) is 5. The Labute approximate surface area is 171 Å². The van der Waals surface area contributed by atoms with Crippen LogP contribution in [0.3, 0.4) is 0 Å². The molecule has 11 heteroatoms. The van der Waals surface area contributed by atoms with E-state index >= 15 is 0 Å². The van der Waals surface area contributed by atoms with E-state index in [-0.39, 0.29) is 36.4 Å². The number of rotatable bonds is 5. The molecule has 0 spiro atoms. The molecule has 2 fully saturated rings. The first kappa shape index (κ1) is 20.0. The molecule has 0 bridgehead atoms. The lowest BCUT2D eigenvalue weighted by Crippen LogP contribution is -2.36. The number of hydrogen-bond donors (Lipinski definition) is 1. The normalized spacial score (nSPS) is 19.8. The lowest BCUT2D eigenvalue weighted by Gasteiger charge is -2.33. The lowest BCUT2D eigenvalue weighted by atomic mass is 10.0. The minimum absolute atomic E-state index is 0.0831. The molecule has 1 aromatic carbocycles. The Balaban J connectivity index is 1.45. The molecule has 2 aliphatic heterocycles. The molecule has 0 saturated carbocycles. The van der Waals surface area contributed by atoms with Crippen LogP contribution in [-0.2, 0) is 9.53 Å². The van der Waals surface area contributed by atoms with Crippen molar-refractivity contribution in [1.29, 1.82) is 0 Å². The Morgan fingerprint density at radius 2 is 1.83 bits per heavy atom. The Kier molecular flexibility index (Phi) is 5.51. The summed E-state index contributed by atoms with van der Waals surface area (Å²) in [5.74, 6) is -1.73. The highest BCUT2D eigenvalue weighted by Crippen LogP contribution is 2.33. The SMILES string of the molecule is CC(=O)NCC1CN(c2cc(F)c(N3CCC(n4nccn4)CC3)c(F)c2)C(=O)O1. The number of piperidine rings is 1. The van der Waals surface area contributed by atoms with Gasteiger partial charge in [0, 0.05) is 32.1 Å². The van der Waals surface area contributed by atoms with Crippen LogP contribution in [0.2, 0.25) is 0 Å². The minimum atomic E-state index is -0.737. The summed E-state index contributed by atoms with van der Waals surface area (Å²) in [6, 6.07) is 2.38. The van der Waals surface area contributed by atoms with E-state index in [1.165, 1.54) is 6.92 Å². The number of benzene rings is 1. The highest BCUT2D eigenvalue weighted by atomic mass is 19.1. The van der Waals surface area contributed by atoms with E-state index in [1.807, 2.05) is 0 Å². The number of halogens is 2. The van der Waals surface area contributed by atoms with Crippen LogP contribution < -0.4 is 15.1 Å². The van der Waals surface area contributed by atoms with Crippen molar-refractivity contribution in [3.05, 3.63) is 36.2 Å². The molecule has 160 valence electrons. The van der Waals surface area contributed by atoms with Crippen LogP contribution in [0.1, 0.15) is 25.8 Å². The molecule has 0 radical (unpaired) electrons. The maximum atomic E-state index is 14.9. The second kappa shape index (κ2) is 8.25. The Morgan fingerprint density at radius 1 is 1.20 bits per heavy atom. The fourth-order valence-corrected chi connectivity index (χ4v) is 3.84. The zero-order chi connectivity index (χ0) is 21.3. The van der Waals surface area contributed by atoms with Crippen LogP contribution in [0.5, 0.6) is 0 Å². The average Bonchev–Trinajstić information content (AvgIpc) is 3.36. The van der Waals surface area contributed by atoms with Crippen LogP contribution in [0.25, 0.3) is 0 Å². The third-order valence-corrected chi connectivity index (χ3v) is 5.31. The van der Waals surface area contributed by atoms with Gasteiger partial charge >= 0.3 is 6.09 Å². The molecule has 1 N–H and O–H groups in total. The highest BCUT2D eigenvalue weighted by Gasteiger charge is 2.34. The molecule has 3 heterocycles. The van der Waals surface area contributed by atoms with Crippen molar-refractivity contribution in [2.24, 2.45) is 0 Å². The fraction of sp³-hybridized carbons (Fsp3) is 0.474. The smallest absolute Gasteiger partial charge is 0.414 e. The summed E-state index contributed by atoms with van der Waals surface area (Å²) in [6.07, 6.45) is 3.26. The summed E-state index contributed by atoms with van der Waals surface area (Å²) < 4.78 is 34.9. The third-order valence-electron chi connectivity index (χ3n) is 5.31. The summed E-state index contributed by atoms with van der Waals surface area (Å²) in [7, 11) is 0. The van der Waals surface area contributed by atoms with E-state index in [0.29, 0.717) is 25.9 Å². The number of nitrogens with one attached hydrogen (secondary N) is 1. The molecule has 2 saturated heterocycles.